The van der Waals surface area contributed by atoms with Gasteiger partial charge in [-0.15, -0.1) is 0 Å². The number of anilines is 1. The molecule has 0 atom stereocenters. The highest BCUT2D eigenvalue weighted by Crippen LogP contribution is 2.31. The average molecular weight is 355 g/mol. The lowest BCUT2D eigenvalue weighted by molar-refractivity contribution is 0.0522. The van der Waals surface area contributed by atoms with Crippen LogP contribution >= 0.6 is 15.9 Å². The summed E-state index contributed by atoms with van der Waals surface area (Å²) in [5, 5.41) is 0. The van der Waals surface area contributed by atoms with E-state index in [0.717, 1.165) is 0 Å². The van der Waals surface area contributed by atoms with Gasteiger partial charge in [-0.2, -0.15) is 0 Å². The van der Waals surface area contributed by atoms with Crippen LogP contribution in [0.2, 0.25) is 0 Å². The first-order valence-electron chi connectivity index (χ1n) is 6.06. The van der Waals surface area contributed by atoms with Gasteiger partial charge in [-0.05, 0) is 47.1 Å². The van der Waals surface area contributed by atoms with Crippen LogP contribution in [0.25, 0.3) is 0 Å². The lowest BCUT2D eigenvalue weighted by Crippen LogP contribution is -2.08. The summed E-state index contributed by atoms with van der Waals surface area (Å²) in [6, 6.07) is 5.32. The predicted molar refractivity (Wildman–Crippen MR) is 78.8 cm³/mol. The van der Waals surface area contributed by atoms with Gasteiger partial charge in [-0.1, -0.05) is 0 Å². The third kappa shape index (κ3) is 3.69. The molecule has 21 heavy (non-hydrogen) atoms. The number of nitrogen functional groups attached to an aromatic ring is 1. The number of hydrogen-bond acceptors (Lipinski definition) is 5. The molecule has 0 fully saturated rings. The third-order valence-electron chi connectivity index (χ3n) is 2.47. The maximum Gasteiger partial charge on any atom is 0.343 e. The number of nitrogens with zero attached hydrogens (tertiary/aromatic N) is 1. The fourth-order valence-corrected chi connectivity index (χ4v) is 2.00. The summed E-state index contributed by atoms with van der Waals surface area (Å²) < 4.78 is 23.9. The molecule has 1 heterocycles. The Hall–Kier alpha value is -2.15. The van der Waals surface area contributed by atoms with Crippen molar-refractivity contribution in [1.82, 2.24) is 4.98 Å². The molecule has 0 radical (unpaired) electrons. The summed E-state index contributed by atoms with van der Waals surface area (Å²) in [5.41, 5.74) is 6.03. The first-order valence-corrected chi connectivity index (χ1v) is 6.86. The average Bonchev–Trinajstić information content (AvgIpc) is 2.43. The van der Waals surface area contributed by atoms with E-state index >= 15 is 0 Å². The first-order chi connectivity index (χ1) is 10.0. The van der Waals surface area contributed by atoms with Crippen molar-refractivity contribution in [2.45, 2.75) is 6.92 Å². The zero-order valence-electron chi connectivity index (χ0n) is 11.1. The Labute approximate surface area is 129 Å². The van der Waals surface area contributed by atoms with Crippen LogP contribution in [-0.4, -0.2) is 17.6 Å². The van der Waals surface area contributed by atoms with E-state index in [2.05, 4.69) is 20.9 Å². The summed E-state index contributed by atoms with van der Waals surface area (Å²) in [5.74, 6) is -0.648. The smallest absolute Gasteiger partial charge is 0.343 e. The van der Waals surface area contributed by atoms with Gasteiger partial charge in [0.05, 0.1) is 23.0 Å². The molecule has 0 saturated heterocycles. The zero-order chi connectivity index (χ0) is 15.4. The van der Waals surface area contributed by atoms with Gasteiger partial charge < -0.3 is 15.2 Å². The molecule has 0 aliphatic carbocycles. The summed E-state index contributed by atoms with van der Waals surface area (Å²) in [6.07, 6.45) is 1.36. The van der Waals surface area contributed by atoms with Gasteiger partial charge in [-0.25, -0.2) is 14.2 Å². The van der Waals surface area contributed by atoms with E-state index in [4.69, 9.17) is 15.2 Å². The van der Waals surface area contributed by atoms with E-state index in [1.54, 1.807) is 6.92 Å². The second kappa shape index (κ2) is 6.53. The second-order valence-electron chi connectivity index (χ2n) is 4.02. The Morgan fingerprint density at radius 3 is 2.86 bits per heavy atom. The highest BCUT2D eigenvalue weighted by atomic mass is 79.9. The summed E-state index contributed by atoms with van der Waals surface area (Å²) in [4.78, 5) is 15.9. The number of benzene rings is 1. The van der Waals surface area contributed by atoms with E-state index in [9.17, 15) is 9.18 Å². The number of rotatable bonds is 4. The van der Waals surface area contributed by atoms with Crippen LogP contribution in [0.15, 0.2) is 34.9 Å². The van der Waals surface area contributed by atoms with Crippen molar-refractivity contribution in [2.24, 2.45) is 0 Å². The van der Waals surface area contributed by atoms with Crippen molar-refractivity contribution < 1.29 is 18.7 Å². The van der Waals surface area contributed by atoms with E-state index in [1.165, 1.54) is 30.5 Å². The Morgan fingerprint density at radius 1 is 1.43 bits per heavy atom. The maximum atomic E-state index is 13.1. The Morgan fingerprint density at radius 2 is 2.19 bits per heavy atom. The molecule has 0 bridgehead atoms. The maximum absolute atomic E-state index is 13.1. The van der Waals surface area contributed by atoms with Gasteiger partial charge >= 0.3 is 5.97 Å². The van der Waals surface area contributed by atoms with Gasteiger partial charge in [0, 0.05) is 0 Å². The van der Waals surface area contributed by atoms with Crippen LogP contribution in [0.1, 0.15) is 17.3 Å². The SMILES string of the molecule is CCOC(=O)c1cc(N)cnc1Oc1ccc(F)cc1Br. The molecule has 2 aromatic rings. The molecule has 1 aromatic carbocycles. The molecule has 0 spiro atoms. The van der Waals surface area contributed by atoms with Gasteiger partial charge in [-0.3, -0.25) is 0 Å². The normalized spacial score (nSPS) is 10.2. The van der Waals surface area contributed by atoms with Crippen molar-refractivity contribution >= 4 is 27.6 Å². The van der Waals surface area contributed by atoms with Crippen molar-refractivity contribution in [1.29, 1.82) is 0 Å². The van der Waals surface area contributed by atoms with Gasteiger partial charge in [0.1, 0.15) is 17.1 Å². The molecule has 1 aromatic heterocycles. The monoisotopic (exact) mass is 354 g/mol. The lowest BCUT2D eigenvalue weighted by Gasteiger charge is -2.11. The molecule has 0 aliphatic rings. The Bertz CT molecular complexity index is 679. The quantitative estimate of drug-likeness (QED) is 0.850. The number of esters is 1. The van der Waals surface area contributed by atoms with E-state index in [0.29, 0.717) is 15.9 Å². The molecule has 7 heteroatoms. The van der Waals surface area contributed by atoms with E-state index < -0.39 is 11.8 Å². The molecular weight excluding hydrogens is 343 g/mol. The van der Waals surface area contributed by atoms with E-state index in [1.807, 2.05) is 0 Å². The Balaban J connectivity index is 2.37. The standard InChI is InChI=1S/C14H12BrFN2O3/c1-2-20-14(19)10-6-9(17)7-18-13(10)21-12-4-3-8(16)5-11(12)15/h3-7H,2,17H2,1H3. The van der Waals surface area contributed by atoms with Gasteiger partial charge in [0.15, 0.2) is 0 Å². The molecule has 0 aliphatic heterocycles. The van der Waals surface area contributed by atoms with Crippen LogP contribution in [0, 0.1) is 5.82 Å². The first kappa shape index (κ1) is 15.2. The number of aromatic nitrogens is 1. The Kier molecular flexibility index (Phi) is 4.74. The van der Waals surface area contributed by atoms with Gasteiger partial charge in [0.25, 0.3) is 0 Å². The van der Waals surface area contributed by atoms with Crippen LogP contribution in [0.3, 0.4) is 0 Å². The molecule has 5 nitrogen and oxygen atoms in total. The summed E-state index contributed by atoms with van der Waals surface area (Å²) in [7, 11) is 0. The summed E-state index contributed by atoms with van der Waals surface area (Å²) >= 11 is 3.18. The van der Waals surface area contributed by atoms with Crippen molar-refractivity contribution in [3.63, 3.8) is 0 Å². The molecule has 0 amide bonds. The molecule has 0 unspecified atom stereocenters. The number of carbonyl (C=O) groups excluding carboxylic acids is 1. The van der Waals surface area contributed by atoms with Crippen LogP contribution < -0.4 is 10.5 Å². The number of pyridine rings is 1. The van der Waals surface area contributed by atoms with E-state index in [-0.39, 0.29) is 18.1 Å². The van der Waals surface area contributed by atoms with Crippen molar-refractivity contribution in [3.05, 3.63) is 46.3 Å². The highest BCUT2D eigenvalue weighted by molar-refractivity contribution is 9.10. The van der Waals surface area contributed by atoms with Gasteiger partial charge in [0.2, 0.25) is 5.88 Å². The number of nitrogens with two attached hydrogens (primary N) is 1. The number of hydrogen-bond donors (Lipinski definition) is 1. The summed E-state index contributed by atoms with van der Waals surface area (Å²) in [6.45, 7) is 1.90. The number of ether oxygens (including phenoxy) is 2. The van der Waals surface area contributed by atoms with Crippen molar-refractivity contribution in [3.8, 4) is 11.6 Å². The second-order valence-corrected chi connectivity index (χ2v) is 4.87. The topological polar surface area (TPSA) is 74.4 Å². The highest BCUT2D eigenvalue weighted by Gasteiger charge is 2.17. The molecule has 2 rings (SSSR count). The van der Waals surface area contributed by atoms with Crippen LogP contribution in [-0.2, 0) is 4.74 Å². The minimum absolute atomic E-state index is 0.0370. The number of halogens is 2. The fraction of sp³-hybridized carbons (Fsp3) is 0.143. The molecule has 0 saturated carbocycles. The molecular formula is C14H12BrFN2O3. The minimum Gasteiger partial charge on any atom is -0.462 e. The lowest BCUT2D eigenvalue weighted by atomic mass is 10.2. The largest absolute Gasteiger partial charge is 0.462 e. The van der Waals surface area contributed by atoms with Crippen LogP contribution in [0.5, 0.6) is 11.6 Å². The predicted octanol–water partition coefficient (Wildman–Crippen LogP) is 3.53. The molecule has 110 valence electrons. The van der Waals surface area contributed by atoms with Crippen LogP contribution in [0.4, 0.5) is 10.1 Å². The zero-order valence-corrected chi connectivity index (χ0v) is 12.7. The fourth-order valence-electron chi connectivity index (χ4n) is 1.57. The number of carbonyl (C=O) groups is 1. The molecule has 2 N–H and O–H groups in total. The minimum atomic E-state index is -0.592. The van der Waals surface area contributed by atoms with Crippen molar-refractivity contribution in [2.75, 3.05) is 12.3 Å². The third-order valence-corrected chi connectivity index (χ3v) is 3.09.